The third-order valence-corrected chi connectivity index (χ3v) is 5.18. The molecule has 2 aromatic carbocycles. The molecule has 4 rings (SSSR count). The van der Waals surface area contributed by atoms with E-state index in [2.05, 4.69) is 8.75 Å². The van der Waals surface area contributed by atoms with Gasteiger partial charge in [-0.15, -0.1) is 0 Å². The van der Waals surface area contributed by atoms with Crippen LogP contribution in [0.3, 0.4) is 0 Å². The second-order valence-corrected chi connectivity index (χ2v) is 6.55. The molecule has 0 spiro atoms. The van der Waals surface area contributed by atoms with Gasteiger partial charge in [0.2, 0.25) is 0 Å². The Morgan fingerprint density at radius 2 is 1.50 bits per heavy atom. The zero-order valence-electron chi connectivity index (χ0n) is 13.4. The van der Waals surface area contributed by atoms with Crippen LogP contribution in [0.2, 0.25) is 0 Å². The largest absolute Gasteiger partial charge is 0.494 e. The van der Waals surface area contributed by atoms with Gasteiger partial charge in [0.1, 0.15) is 21.0 Å². The van der Waals surface area contributed by atoms with E-state index in [1.807, 2.05) is 12.1 Å². The lowest BCUT2D eigenvalue weighted by molar-refractivity contribution is 0.0693. The van der Waals surface area contributed by atoms with Crippen molar-refractivity contribution >= 4 is 56.8 Å². The molecule has 26 heavy (non-hydrogen) atoms. The van der Waals surface area contributed by atoms with Gasteiger partial charge in [-0.3, -0.25) is 0 Å². The minimum Gasteiger partial charge on any atom is -0.494 e. The van der Waals surface area contributed by atoms with Crippen molar-refractivity contribution in [1.82, 2.24) is 8.75 Å². The first-order valence-electron chi connectivity index (χ1n) is 7.26. The van der Waals surface area contributed by atoms with Crippen molar-refractivity contribution in [2.24, 2.45) is 0 Å². The molecule has 2 heterocycles. The summed E-state index contributed by atoms with van der Waals surface area (Å²) in [4.78, 5) is 22.0. The molecule has 0 aliphatic rings. The number of ether oxygens (including phenoxy) is 1. The van der Waals surface area contributed by atoms with E-state index in [1.165, 1.54) is 7.11 Å². The molecule has 0 radical (unpaired) electrons. The number of carbonyl (C=O) groups is 2. The summed E-state index contributed by atoms with van der Waals surface area (Å²) in [5, 5.41) is 19.0. The van der Waals surface area contributed by atoms with E-state index in [9.17, 15) is 9.59 Å². The van der Waals surface area contributed by atoms with E-state index < -0.39 is 11.9 Å². The highest BCUT2D eigenvalue weighted by Gasteiger charge is 2.14. The van der Waals surface area contributed by atoms with Gasteiger partial charge >= 0.3 is 11.9 Å². The zero-order chi connectivity index (χ0) is 18.7. The van der Waals surface area contributed by atoms with Crippen LogP contribution in [0.1, 0.15) is 19.3 Å². The number of fused-ring (bicyclic) bond motifs is 2. The number of rotatable bonds is 3. The summed E-state index contributed by atoms with van der Waals surface area (Å²) in [5.74, 6) is -1.26. The van der Waals surface area contributed by atoms with Gasteiger partial charge in [-0.1, -0.05) is 30.3 Å². The Bertz CT molecular complexity index is 1100. The Kier molecular flexibility index (Phi) is 5.10. The number of methoxy groups -OCH3 is 1. The molecule has 9 heteroatoms. The fourth-order valence-corrected chi connectivity index (χ4v) is 3.71. The molecule has 0 unspecified atom stereocenters. The van der Waals surface area contributed by atoms with Gasteiger partial charge in [0.25, 0.3) is 0 Å². The van der Waals surface area contributed by atoms with E-state index in [0.29, 0.717) is 21.5 Å². The highest BCUT2D eigenvalue weighted by Crippen LogP contribution is 2.29. The molecular formula is C17H12N2O5S2. The van der Waals surface area contributed by atoms with E-state index >= 15 is 0 Å². The maximum absolute atomic E-state index is 10.8. The van der Waals surface area contributed by atoms with Gasteiger partial charge in [-0.05, 0) is 35.2 Å². The lowest BCUT2D eigenvalue weighted by atomic mass is 10.2. The third kappa shape index (κ3) is 3.35. The molecule has 0 saturated heterocycles. The van der Waals surface area contributed by atoms with Crippen LogP contribution >= 0.6 is 23.1 Å². The second-order valence-electron chi connectivity index (χ2n) is 5.01. The van der Waals surface area contributed by atoms with Crippen LogP contribution in [-0.2, 0) is 0 Å². The molecule has 0 atom stereocenters. The third-order valence-electron chi connectivity index (χ3n) is 3.46. The lowest BCUT2D eigenvalue weighted by Gasteiger charge is -1.98. The lowest BCUT2D eigenvalue weighted by Crippen LogP contribution is -1.92. The fraction of sp³-hybridized carbons (Fsp3) is 0.0588. The monoisotopic (exact) mass is 388 g/mol. The average molecular weight is 388 g/mol. The van der Waals surface area contributed by atoms with Crippen LogP contribution in [0.15, 0.2) is 42.5 Å². The Balaban J connectivity index is 0.000000152. The summed E-state index contributed by atoms with van der Waals surface area (Å²) in [6.45, 7) is 0. The molecule has 4 aromatic rings. The van der Waals surface area contributed by atoms with Crippen LogP contribution in [0, 0.1) is 0 Å². The van der Waals surface area contributed by atoms with Gasteiger partial charge in [-0.25, -0.2) is 9.59 Å². The second kappa shape index (κ2) is 7.46. The predicted octanol–water partition coefficient (Wildman–Crippen LogP) is 4.00. The topological polar surface area (TPSA) is 110 Å². The minimum atomic E-state index is -0.953. The molecule has 0 saturated carbocycles. The van der Waals surface area contributed by atoms with Crippen LogP contribution in [0.25, 0.3) is 21.8 Å². The predicted molar refractivity (Wildman–Crippen MR) is 99.7 cm³/mol. The zero-order valence-corrected chi connectivity index (χ0v) is 15.0. The van der Waals surface area contributed by atoms with Crippen LogP contribution < -0.4 is 4.74 Å². The molecule has 0 aliphatic heterocycles. The molecular weight excluding hydrogens is 376 g/mol. The summed E-state index contributed by atoms with van der Waals surface area (Å²) in [5.41, 5.74) is 1.36. The van der Waals surface area contributed by atoms with Crippen LogP contribution in [-0.4, -0.2) is 38.0 Å². The normalized spacial score (nSPS) is 10.3. The fourth-order valence-electron chi connectivity index (χ4n) is 2.30. The van der Waals surface area contributed by atoms with Gasteiger partial charge in [0.15, 0.2) is 0 Å². The number of aromatic nitrogens is 2. The quantitative estimate of drug-likeness (QED) is 0.546. The molecule has 2 aromatic heterocycles. The molecule has 0 aliphatic carbocycles. The summed E-state index contributed by atoms with van der Waals surface area (Å²) in [6, 6.07) is 12.5. The van der Waals surface area contributed by atoms with Crippen molar-refractivity contribution in [3.63, 3.8) is 0 Å². The van der Waals surface area contributed by atoms with Crippen molar-refractivity contribution in [1.29, 1.82) is 0 Å². The molecule has 7 nitrogen and oxygen atoms in total. The van der Waals surface area contributed by atoms with Gasteiger partial charge in [0.05, 0.1) is 12.6 Å². The average Bonchev–Trinajstić information content (AvgIpc) is 3.26. The first-order valence-corrected chi connectivity index (χ1v) is 8.81. The highest BCUT2D eigenvalue weighted by atomic mass is 32.1. The van der Waals surface area contributed by atoms with Crippen molar-refractivity contribution in [2.45, 2.75) is 0 Å². The van der Waals surface area contributed by atoms with Crippen molar-refractivity contribution < 1.29 is 24.5 Å². The number of nitrogens with zero attached hydrogens (tertiary/aromatic N) is 2. The van der Waals surface area contributed by atoms with Crippen LogP contribution in [0.5, 0.6) is 5.75 Å². The van der Waals surface area contributed by atoms with Crippen molar-refractivity contribution in [3.05, 3.63) is 52.2 Å². The molecule has 0 amide bonds. The Labute approximate surface area is 155 Å². The van der Waals surface area contributed by atoms with E-state index in [4.69, 9.17) is 14.9 Å². The molecule has 0 fully saturated rings. The van der Waals surface area contributed by atoms with Crippen LogP contribution in [0.4, 0.5) is 0 Å². The maximum atomic E-state index is 10.8. The number of hydrogen-bond donors (Lipinski definition) is 2. The number of carboxylic acids is 2. The smallest absolute Gasteiger partial charge is 0.348 e. The van der Waals surface area contributed by atoms with Crippen molar-refractivity contribution in [2.75, 3.05) is 7.11 Å². The number of hydrogen-bond acceptors (Lipinski definition) is 7. The number of aromatic carboxylic acids is 2. The first-order chi connectivity index (χ1) is 12.5. The van der Waals surface area contributed by atoms with E-state index in [-0.39, 0.29) is 4.88 Å². The van der Waals surface area contributed by atoms with Gasteiger partial charge < -0.3 is 14.9 Å². The Hall–Kier alpha value is -3.04. The first kappa shape index (κ1) is 17.8. The number of carboxylic acid groups (broad SMARTS) is 2. The Morgan fingerprint density at radius 1 is 0.885 bits per heavy atom. The number of benzene rings is 2. The summed E-state index contributed by atoms with van der Waals surface area (Å²) in [7, 11) is 1.54. The van der Waals surface area contributed by atoms with Gasteiger partial charge in [-0.2, -0.15) is 8.75 Å². The maximum Gasteiger partial charge on any atom is 0.348 e. The molecule has 2 N–H and O–H groups in total. The molecule has 0 bridgehead atoms. The SMILES string of the molecule is COc1cccc2c(C(=O)O)snc12.O=C(O)c1snc2ccccc12. The Morgan fingerprint density at radius 3 is 2.19 bits per heavy atom. The minimum absolute atomic E-state index is 0.249. The van der Waals surface area contributed by atoms with E-state index in [0.717, 1.165) is 34.0 Å². The van der Waals surface area contributed by atoms with Gasteiger partial charge in [0, 0.05) is 10.8 Å². The van der Waals surface area contributed by atoms with Crippen molar-refractivity contribution in [3.8, 4) is 5.75 Å². The summed E-state index contributed by atoms with van der Waals surface area (Å²) >= 11 is 1.99. The standard InChI is InChI=1S/C9H7NO3S.C8H5NO2S/c1-13-6-4-2-3-5-7(6)10-14-8(5)9(11)12;10-8(11)7-5-3-1-2-4-6(5)9-12-7/h2-4H,1H3,(H,11,12);1-4H,(H,10,11). The summed E-state index contributed by atoms with van der Waals surface area (Å²) in [6.07, 6.45) is 0. The van der Waals surface area contributed by atoms with E-state index in [1.54, 1.807) is 30.3 Å². The molecule has 132 valence electrons. The summed E-state index contributed by atoms with van der Waals surface area (Å²) < 4.78 is 13.1. The highest BCUT2D eigenvalue weighted by molar-refractivity contribution is 7.09.